The molecule has 0 aromatic heterocycles. The van der Waals surface area contributed by atoms with Gasteiger partial charge in [0.2, 0.25) is 0 Å². The minimum absolute atomic E-state index is 0.0810. The van der Waals surface area contributed by atoms with Gasteiger partial charge in [-0.1, -0.05) is 24.3 Å². The lowest BCUT2D eigenvalue weighted by molar-refractivity contribution is -0.383. The second kappa shape index (κ2) is 6.27. The Morgan fingerprint density at radius 1 is 1.19 bits per heavy atom. The van der Waals surface area contributed by atoms with Gasteiger partial charge in [0.1, 0.15) is 11.5 Å². The molecule has 2 rings (SSSR count). The molecule has 0 atom stereocenters. The van der Waals surface area contributed by atoms with Gasteiger partial charge in [0, 0.05) is 6.07 Å². The molecule has 0 radical (unpaired) electrons. The van der Waals surface area contributed by atoms with Crippen LogP contribution in [0.15, 0.2) is 42.5 Å². The van der Waals surface area contributed by atoms with E-state index in [4.69, 9.17) is 12.2 Å². The monoisotopic (exact) mass is 305 g/mol. The van der Waals surface area contributed by atoms with Crippen LogP contribution in [0.2, 0.25) is 0 Å². The fraction of sp³-hybridized carbons (Fsp3) is 0.0714. The van der Waals surface area contributed by atoms with Crippen LogP contribution in [-0.4, -0.2) is 10.0 Å². The Morgan fingerprint density at radius 3 is 2.57 bits per heavy atom. The normalized spacial score (nSPS) is 10.0. The smallest absolute Gasteiger partial charge is 0.293 e. The summed E-state index contributed by atoms with van der Waals surface area (Å²) >= 11 is 5.07. The molecule has 2 aromatic carbocycles. The second-order valence-electron chi connectivity index (χ2n) is 4.29. The summed E-state index contributed by atoms with van der Waals surface area (Å²) in [6.45, 7) is 1.72. The SMILES string of the molecule is Cc1cccc([N+](=O)[O-])c1NC(=S)Nc1ccccc1F. The number of hydrogen-bond acceptors (Lipinski definition) is 3. The molecular weight excluding hydrogens is 293 g/mol. The van der Waals surface area contributed by atoms with Crippen LogP contribution in [0.25, 0.3) is 0 Å². The highest BCUT2D eigenvalue weighted by atomic mass is 32.1. The van der Waals surface area contributed by atoms with Crippen molar-refractivity contribution < 1.29 is 9.31 Å². The molecule has 0 saturated heterocycles. The van der Waals surface area contributed by atoms with E-state index in [0.717, 1.165) is 0 Å². The lowest BCUT2D eigenvalue weighted by Crippen LogP contribution is -2.21. The van der Waals surface area contributed by atoms with E-state index in [2.05, 4.69) is 10.6 Å². The quantitative estimate of drug-likeness (QED) is 0.512. The predicted octanol–water partition coefficient (Wildman–Crippen LogP) is 3.85. The second-order valence-corrected chi connectivity index (χ2v) is 4.69. The number of para-hydroxylation sites is 2. The third kappa shape index (κ3) is 3.51. The van der Waals surface area contributed by atoms with E-state index in [1.165, 1.54) is 18.2 Å². The van der Waals surface area contributed by atoms with E-state index in [1.807, 2.05) is 0 Å². The predicted molar refractivity (Wildman–Crippen MR) is 84.1 cm³/mol. The zero-order valence-corrected chi connectivity index (χ0v) is 11.9. The molecule has 7 heteroatoms. The van der Waals surface area contributed by atoms with E-state index in [0.29, 0.717) is 5.56 Å². The number of anilines is 2. The highest BCUT2D eigenvalue weighted by molar-refractivity contribution is 7.80. The fourth-order valence-corrected chi connectivity index (χ4v) is 2.01. The minimum Gasteiger partial charge on any atom is -0.330 e. The van der Waals surface area contributed by atoms with Crippen molar-refractivity contribution in [2.75, 3.05) is 10.6 Å². The van der Waals surface area contributed by atoms with E-state index in [9.17, 15) is 14.5 Å². The first-order valence-electron chi connectivity index (χ1n) is 6.05. The Bertz CT molecular complexity index is 706. The summed E-state index contributed by atoms with van der Waals surface area (Å²) in [6, 6.07) is 10.7. The number of nitrogens with one attached hydrogen (secondary N) is 2. The van der Waals surface area contributed by atoms with Crippen LogP contribution in [0.1, 0.15) is 5.56 Å². The number of nitro groups is 1. The van der Waals surface area contributed by atoms with Gasteiger partial charge < -0.3 is 10.6 Å². The van der Waals surface area contributed by atoms with Crippen LogP contribution in [0, 0.1) is 22.9 Å². The number of benzene rings is 2. The van der Waals surface area contributed by atoms with E-state index < -0.39 is 10.7 Å². The molecule has 0 spiro atoms. The number of halogens is 1. The molecule has 21 heavy (non-hydrogen) atoms. The van der Waals surface area contributed by atoms with Gasteiger partial charge in [0.05, 0.1) is 10.6 Å². The lowest BCUT2D eigenvalue weighted by atomic mass is 10.1. The van der Waals surface area contributed by atoms with Gasteiger partial charge in [-0.25, -0.2) is 4.39 Å². The maximum absolute atomic E-state index is 13.5. The summed E-state index contributed by atoms with van der Waals surface area (Å²) < 4.78 is 13.5. The summed E-state index contributed by atoms with van der Waals surface area (Å²) in [4.78, 5) is 10.5. The summed E-state index contributed by atoms with van der Waals surface area (Å²) in [7, 11) is 0. The molecule has 0 fully saturated rings. The molecule has 0 bridgehead atoms. The van der Waals surface area contributed by atoms with Gasteiger partial charge in [-0.05, 0) is 36.8 Å². The van der Waals surface area contributed by atoms with Gasteiger partial charge in [0.25, 0.3) is 5.69 Å². The Hall–Kier alpha value is -2.54. The average Bonchev–Trinajstić information content (AvgIpc) is 2.43. The van der Waals surface area contributed by atoms with Crippen molar-refractivity contribution in [3.05, 3.63) is 64.0 Å². The molecule has 0 saturated carbocycles. The first-order valence-corrected chi connectivity index (χ1v) is 6.46. The Labute approximate surface area is 125 Å². The average molecular weight is 305 g/mol. The first-order chi connectivity index (χ1) is 9.99. The highest BCUT2D eigenvalue weighted by Gasteiger charge is 2.16. The molecule has 0 unspecified atom stereocenters. The third-order valence-electron chi connectivity index (χ3n) is 2.81. The van der Waals surface area contributed by atoms with Crippen molar-refractivity contribution in [3.8, 4) is 0 Å². The first kappa shape index (κ1) is 14.9. The molecule has 0 aliphatic heterocycles. The van der Waals surface area contributed by atoms with Crippen LogP contribution in [0.5, 0.6) is 0 Å². The van der Waals surface area contributed by atoms with E-state index in [1.54, 1.807) is 31.2 Å². The van der Waals surface area contributed by atoms with Crippen molar-refractivity contribution >= 4 is 34.4 Å². The van der Waals surface area contributed by atoms with E-state index >= 15 is 0 Å². The molecular formula is C14H12FN3O2S. The molecule has 0 aliphatic rings. The summed E-state index contributed by atoms with van der Waals surface area (Å²) in [5, 5.41) is 16.5. The number of hydrogen-bond donors (Lipinski definition) is 2. The van der Waals surface area contributed by atoms with Crippen molar-refractivity contribution in [3.63, 3.8) is 0 Å². The molecule has 0 aliphatic carbocycles. The largest absolute Gasteiger partial charge is 0.330 e. The van der Waals surface area contributed by atoms with Crippen molar-refractivity contribution in [2.45, 2.75) is 6.92 Å². The molecule has 0 heterocycles. The Kier molecular flexibility index (Phi) is 4.44. The van der Waals surface area contributed by atoms with Crippen molar-refractivity contribution in [1.82, 2.24) is 0 Å². The molecule has 2 aromatic rings. The lowest BCUT2D eigenvalue weighted by Gasteiger charge is -2.13. The zero-order valence-electron chi connectivity index (χ0n) is 11.1. The summed E-state index contributed by atoms with van der Waals surface area (Å²) in [5.74, 6) is -0.457. The maximum Gasteiger partial charge on any atom is 0.293 e. The van der Waals surface area contributed by atoms with Gasteiger partial charge in [-0.2, -0.15) is 0 Å². The molecule has 108 valence electrons. The van der Waals surface area contributed by atoms with Crippen molar-refractivity contribution in [2.24, 2.45) is 0 Å². The standard InChI is InChI=1S/C14H12FN3O2S/c1-9-5-4-8-12(18(19)20)13(9)17-14(21)16-11-7-3-2-6-10(11)15/h2-8H,1H3,(H2,16,17,21). The molecule has 2 N–H and O–H groups in total. The van der Waals surface area contributed by atoms with Crippen molar-refractivity contribution in [1.29, 1.82) is 0 Å². The summed E-state index contributed by atoms with van der Waals surface area (Å²) in [5.41, 5.74) is 1.07. The Morgan fingerprint density at radius 2 is 1.90 bits per heavy atom. The zero-order chi connectivity index (χ0) is 15.4. The summed E-state index contributed by atoms with van der Waals surface area (Å²) in [6.07, 6.45) is 0. The number of nitro benzene ring substituents is 1. The van der Waals surface area contributed by atoms with Crippen LogP contribution in [0.4, 0.5) is 21.5 Å². The number of rotatable bonds is 3. The van der Waals surface area contributed by atoms with Gasteiger partial charge in [-0.3, -0.25) is 10.1 Å². The minimum atomic E-state index is -0.499. The fourth-order valence-electron chi connectivity index (χ4n) is 1.80. The Balaban J connectivity index is 2.21. The number of aryl methyl sites for hydroxylation is 1. The van der Waals surface area contributed by atoms with Crippen LogP contribution in [-0.2, 0) is 0 Å². The van der Waals surface area contributed by atoms with Crippen LogP contribution < -0.4 is 10.6 Å². The maximum atomic E-state index is 13.5. The van der Waals surface area contributed by atoms with E-state index in [-0.39, 0.29) is 22.2 Å². The van der Waals surface area contributed by atoms with Gasteiger partial charge in [0.15, 0.2) is 5.11 Å². The topological polar surface area (TPSA) is 67.2 Å². The molecule has 0 amide bonds. The van der Waals surface area contributed by atoms with Crippen LogP contribution in [0.3, 0.4) is 0 Å². The van der Waals surface area contributed by atoms with Gasteiger partial charge in [-0.15, -0.1) is 0 Å². The van der Waals surface area contributed by atoms with Crippen LogP contribution >= 0.6 is 12.2 Å². The molecule has 5 nitrogen and oxygen atoms in total. The number of thiocarbonyl (C=S) groups is 1. The third-order valence-corrected chi connectivity index (χ3v) is 3.01. The highest BCUT2D eigenvalue weighted by Crippen LogP contribution is 2.27. The number of nitrogens with zero attached hydrogens (tertiary/aromatic N) is 1. The van der Waals surface area contributed by atoms with Gasteiger partial charge >= 0.3 is 0 Å².